The van der Waals surface area contributed by atoms with Crippen molar-refractivity contribution in [3.8, 4) is 11.5 Å². The first kappa shape index (κ1) is 28.5. The van der Waals surface area contributed by atoms with Gasteiger partial charge in [0.15, 0.2) is 23.1 Å². The van der Waals surface area contributed by atoms with Crippen LogP contribution < -0.4 is 9.47 Å². The van der Waals surface area contributed by atoms with E-state index in [0.29, 0.717) is 49.1 Å². The highest BCUT2D eigenvalue weighted by Crippen LogP contribution is 2.55. The summed E-state index contributed by atoms with van der Waals surface area (Å²) >= 11 is 6.91. The van der Waals surface area contributed by atoms with Crippen LogP contribution in [-0.2, 0) is 16.2 Å². The fourth-order valence-corrected chi connectivity index (χ4v) is 6.92. The highest BCUT2D eigenvalue weighted by Gasteiger charge is 2.48. The fourth-order valence-electron chi connectivity index (χ4n) is 6.65. The summed E-state index contributed by atoms with van der Waals surface area (Å²) in [7, 11) is 0. The molecule has 0 fully saturated rings. The number of ketones is 2. The molecule has 1 heterocycles. The lowest BCUT2D eigenvalue weighted by Gasteiger charge is -2.49. The molecule has 212 valence electrons. The van der Waals surface area contributed by atoms with Gasteiger partial charge in [-0.2, -0.15) is 0 Å². The van der Waals surface area contributed by atoms with Gasteiger partial charge < -0.3 is 14.4 Å². The SMILES string of the molecule is CCOc1cc(C2C3=C(CC(C)(C)CC3=O)N(CC)C3=C2C(=O)CC(C)(C)C3)cc(Cl)c1OCc1ccccc1. The first-order valence-electron chi connectivity index (χ1n) is 14.4. The van der Waals surface area contributed by atoms with Crippen molar-refractivity contribution >= 4 is 23.2 Å². The summed E-state index contributed by atoms with van der Waals surface area (Å²) in [5.74, 6) is 0.739. The second-order valence-electron chi connectivity index (χ2n) is 12.8. The average molecular weight is 562 g/mol. The van der Waals surface area contributed by atoms with Gasteiger partial charge in [0.25, 0.3) is 0 Å². The highest BCUT2D eigenvalue weighted by molar-refractivity contribution is 6.32. The van der Waals surface area contributed by atoms with E-state index in [4.69, 9.17) is 21.1 Å². The van der Waals surface area contributed by atoms with Crippen molar-refractivity contribution in [1.82, 2.24) is 4.90 Å². The Morgan fingerprint density at radius 2 is 1.43 bits per heavy atom. The molecule has 6 heteroatoms. The van der Waals surface area contributed by atoms with E-state index in [-0.39, 0.29) is 22.4 Å². The standard InChI is InChI=1S/C34H40ClNO4/c1-7-36-24-16-33(3,4)18-26(37)30(24)29(31-25(36)17-34(5,6)19-27(31)38)22-14-23(35)32(28(15-22)39-8-2)40-20-21-12-10-9-11-13-21/h9-15,29H,7-8,16-20H2,1-6H3. The van der Waals surface area contributed by atoms with Crippen molar-refractivity contribution in [1.29, 1.82) is 0 Å². The normalized spacial score (nSPS) is 20.4. The molecular formula is C34H40ClNO4. The first-order chi connectivity index (χ1) is 18.9. The van der Waals surface area contributed by atoms with Crippen LogP contribution >= 0.6 is 11.6 Å². The van der Waals surface area contributed by atoms with Crippen molar-refractivity contribution in [3.63, 3.8) is 0 Å². The van der Waals surface area contributed by atoms with Crippen molar-refractivity contribution in [2.75, 3.05) is 13.2 Å². The molecule has 2 aromatic rings. The molecule has 5 nitrogen and oxygen atoms in total. The van der Waals surface area contributed by atoms with Gasteiger partial charge in [-0.1, -0.05) is 69.6 Å². The zero-order valence-electron chi connectivity index (χ0n) is 24.5. The molecule has 0 aromatic heterocycles. The maximum Gasteiger partial charge on any atom is 0.180 e. The van der Waals surface area contributed by atoms with Gasteiger partial charge in [0.2, 0.25) is 0 Å². The largest absolute Gasteiger partial charge is 0.490 e. The van der Waals surface area contributed by atoms with Gasteiger partial charge in [0.1, 0.15) is 6.61 Å². The Bertz CT molecular complexity index is 1350. The molecule has 0 unspecified atom stereocenters. The number of carbonyl (C=O) groups is 2. The van der Waals surface area contributed by atoms with Crippen molar-refractivity contribution in [3.05, 3.63) is 81.2 Å². The summed E-state index contributed by atoms with van der Waals surface area (Å²) in [5.41, 5.74) is 5.11. The third-order valence-corrected chi connectivity index (χ3v) is 8.51. The van der Waals surface area contributed by atoms with Crippen LogP contribution in [0.4, 0.5) is 0 Å². The minimum Gasteiger partial charge on any atom is -0.490 e. The number of rotatable bonds is 7. The molecule has 0 spiro atoms. The molecule has 40 heavy (non-hydrogen) atoms. The Balaban J connectivity index is 1.67. The van der Waals surface area contributed by atoms with Crippen LogP contribution in [-0.4, -0.2) is 29.6 Å². The molecule has 0 N–H and O–H groups in total. The lowest BCUT2D eigenvalue weighted by Crippen LogP contribution is -2.44. The lowest BCUT2D eigenvalue weighted by molar-refractivity contribution is -0.119. The van der Waals surface area contributed by atoms with Gasteiger partial charge in [-0.15, -0.1) is 0 Å². The molecule has 0 bridgehead atoms. The minimum absolute atomic E-state index is 0.109. The van der Waals surface area contributed by atoms with Crippen LogP contribution in [0.5, 0.6) is 11.5 Å². The number of benzene rings is 2. The number of nitrogens with zero attached hydrogens (tertiary/aromatic N) is 1. The van der Waals surface area contributed by atoms with Gasteiger partial charge in [-0.25, -0.2) is 0 Å². The molecule has 2 aliphatic carbocycles. The summed E-state index contributed by atoms with van der Waals surface area (Å²) in [5, 5.41) is 0.409. The quantitative estimate of drug-likeness (QED) is 0.342. The molecule has 5 rings (SSSR count). The number of hydrogen-bond acceptors (Lipinski definition) is 5. The summed E-state index contributed by atoms with van der Waals surface area (Å²) in [6.07, 6.45) is 2.47. The van der Waals surface area contributed by atoms with Crippen molar-refractivity contribution in [2.24, 2.45) is 10.8 Å². The molecule has 1 aliphatic heterocycles. The van der Waals surface area contributed by atoms with E-state index in [9.17, 15) is 9.59 Å². The van der Waals surface area contributed by atoms with Gasteiger partial charge in [0, 0.05) is 47.8 Å². The second kappa shape index (κ2) is 10.7. The predicted molar refractivity (Wildman–Crippen MR) is 159 cm³/mol. The number of halogens is 1. The Kier molecular flexibility index (Phi) is 7.64. The van der Waals surface area contributed by atoms with E-state index < -0.39 is 5.92 Å². The molecule has 0 saturated carbocycles. The third kappa shape index (κ3) is 5.33. The number of carbonyl (C=O) groups excluding carboxylic acids is 2. The molecule has 0 radical (unpaired) electrons. The molecule has 0 amide bonds. The van der Waals surface area contributed by atoms with Crippen LogP contribution in [0.3, 0.4) is 0 Å². The van der Waals surface area contributed by atoms with E-state index >= 15 is 0 Å². The van der Waals surface area contributed by atoms with Crippen LogP contribution in [0.1, 0.15) is 84.3 Å². The average Bonchev–Trinajstić information content (AvgIpc) is 2.86. The third-order valence-electron chi connectivity index (χ3n) is 8.23. The zero-order valence-corrected chi connectivity index (χ0v) is 25.3. The maximum atomic E-state index is 13.9. The van der Waals surface area contributed by atoms with E-state index in [1.165, 1.54) is 0 Å². The van der Waals surface area contributed by atoms with E-state index in [0.717, 1.165) is 46.5 Å². The van der Waals surface area contributed by atoms with Crippen LogP contribution in [0.2, 0.25) is 5.02 Å². The Labute approximate surface area is 243 Å². The first-order valence-corrected chi connectivity index (χ1v) is 14.8. The molecule has 3 aliphatic rings. The van der Waals surface area contributed by atoms with E-state index in [1.54, 1.807) is 0 Å². The minimum atomic E-state index is -0.472. The maximum absolute atomic E-state index is 13.9. The molecule has 0 atom stereocenters. The van der Waals surface area contributed by atoms with E-state index in [2.05, 4.69) is 39.5 Å². The number of Topliss-reactive ketones (excluding diaryl/α,β-unsaturated/α-hetero) is 2. The van der Waals surface area contributed by atoms with Gasteiger partial charge in [-0.05, 0) is 60.8 Å². The van der Waals surface area contributed by atoms with Gasteiger partial charge in [0.05, 0.1) is 11.6 Å². The summed E-state index contributed by atoms with van der Waals surface area (Å²) in [6, 6.07) is 13.7. The Morgan fingerprint density at radius 3 is 1.95 bits per heavy atom. The number of allylic oxidation sites excluding steroid dienone is 4. The topological polar surface area (TPSA) is 55.8 Å². The molecular weight excluding hydrogens is 522 g/mol. The Morgan fingerprint density at radius 1 is 0.850 bits per heavy atom. The number of hydrogen-bond donors (Lipinski definition) is 0. The second-order valence-corrected chi connectivity index (χ2v) is 13.2. The predicted octanol–water partition coefficient (Wildman–Crippen LogP) is 8.02. The van der Waals surface area contributed by atoms with Crippen molar-refractivity contribution < 1.29 is 19.1 Å². The van der Waals surface area contributed by atoms with Crippen LogP contribution in [0, 0.1) is 10.8 Å². The molecule has 2 aromatic carbocycles. The molecule has 0 saturated heterocycles. The number of ether oxygens (including phenoxy) is 2. The Hall–Kier alpha value is -3.05. The lowest BCUT2D eigenvalue weighted by atomic mass is 9.63. The van der Waals surface area contributed by atoms with Crippen LogP contribution in [0.25, 0.3) is 0 Å². The monoisotopic (exact) mass is 561 g/mol. The summed E-state index contributed by atoms with van der Waals surface area (Å²) in [6.45, 7) is 14.1. The van der Waals surface area contributed by atoms with Gasteiger partial charge >= 0.3 is 0 Å². The van der Waals surface area contributed by atoms with Crippen molar-refractivity contribution in [2.45, 2.75) is 79.8 Å². The van der Waals surface area contributed by atoms with Crippen LogP contribution in [0.15, 0.2) is 65.0 Å². The fraction of sp³-hybridized carbons (Fsp3) is 0.471. The summed E-state index contributed by atoms with van der Waals surface area (Å²) in [4.78, 5) is 30.1. The highest BCUT2D eigenvalue weighted by atomic mass is 35.5. The zero-order chi connectivity index (χ0) is 28.8. The van der Waals surface area contributed by atoms with Gasteiger partial charge in [-0.3, -0.25) is 9.59 Å². The van der Waals surface area contributed by atoms with E-state index in [1.807, 2.05) is 49.4 Å². The smallest absolute Gasteiger partial charge is 0.180 e. The summed E-state index contributed by atoms with van der Waals surface area (Å²) < 4.78 is 12.2.